The van der Waals surface area contributed by atoms with Crippen LogP contribution in [0.1, 0.15) is 88.5 Å². The van der Waals surface area contributed by atoms with Gasteiger partial charge in [0.05, 0.1) is 60.4 Å². The molecule has 0 aromatic rings. The number of hydrogen-bond acceptors (Lipinski definition) is 13. The summed E-state index contributed by atoms with van der Waals surface area (Å²) in [5, 5.41) is 65.3. The number of aliphatic hydroxyl groups excluding tert-OH is 5. The number of carbonyl (C=O) groups is 1. The van der Waals surface area contributed by atoms with Crippen LogP contribution in [0.25, 0.3) is 0 Å². The van der Waals surface area contributed by atoms with E-state index in [9.17, 15) is 35.4 Å². The van der Waals surface area contributed by atoms with Gasteiger partial charge in [-0.25, -0.2) is 0 Å². The van der Waals surface area contributed by atoms with Crippen LogP contribution in [-0.2, 0) is 33.2 Å². The highest BCUT2D eigenvalue weighted by molar-refractivity contribution is 5.73. The lowest BCUT2D eigenvalue weighted by Crippen LogP contribution is -2.70. The van der Waals surface area contributed by atoms with Gasteiger partial charge in [0.2, 0.25) is 6.29 Å². The summed E-state index contributed by atoms with van der Waals surface area (Å²) >= 11 is 0. The van der Waals surface area contributed by atoms with E-state index in [1.807, 2.05) is 34.6 Å². The van der Waals surface area contributed by atoms with Crippen LogP contribution in [0.5, 0.6) is 0 Å². The first-order chi connectivity index (χ1) is 21.8. The van der Waals surface area contributed by atoms with Gasteiger partial charge in [0.1, 0.15) is 12.2 Å². The van der Waals surface area contributed by atoms with Crippen molar-refractivity contribution in [2.45, 2.75) is 174 Å². The van der Waals surface area contributed by atoms with E-state index in [0.29, 0.717) is 6.42 Å². The van der Waals surface area contributed by atoms with Crippen LogP contribution in [0.4, 0.5) is 0 Å². The SMILES string of the molecule is CCC(O)C(C)C1OC2(OC(C(C)C(=O)OC3CC(O)C(OC4CC(C)(O)C(O)C(C)O4)C(C)O3)C(C)C(O)C2C)C(C)C(O)C1C. The number of ether oxygens (including phenoxy) is 6. The molecule has 1 spiro atoms. The number of aliphatic hydroxyl groups is 6. The molecule has 274 valence electrons. The molecule has 4 aliphatic heterocycles. The maximum absolute atomic E-state index is 13.6. The van der Waals surface area contributed by atoms with E-state index in [1.165, 1.54) is 6.92 Å². The van der Waals surface area contributed by atoms with Crippen LogP contribution in [0.15, 0.2) is 0 Å². The van der Waals surface area contributed by atoms with Gasteiger partial charge >= 0.3 is 5.97 Å². The van der Waals surface area contributed by atoms with E-state index < -0.39 is 115 Å². The Morgan fingerprint density at radius 2 is 1.40 bits per heavy atom. The number of esters is 1. The molecule has 0 aromatic heterocycles. The predicted molar refractivity (Wildman–Crippen MR) is 167 cm³/mol. The molecule has 13 heteroatoms. The zero-order chi connectivity index (χ0) is 35.3. The fourth-order valence-electron chi connectivity index (χ4n) is 8.27. The van der Waals surface area contributed by atoms with Crippen molar-refractivity contribution in [3.8, 4) is 0 Å². The van der Waals surface area contributed by atoms with Crippen LogP contribution in [0.2, 0.25) is 0 Å². The lowest BCUT2D eigenvalue weighted by atomic mass is 9.68. The highest BCUT2D eigenvalue weighted by atomic mass is 16.7. The Bertz CT molecular complexity index is 1040. The maximum atomic E-state index is 13.6. The van der Waals surface area contributed by atoms with E-state index in [2.05, 4.69) is 0 Å². The minimum atomic E-state index is -1.44. The van der Waals surface area contributed by atoms with Gasteiger partial charge in [-0.2, -0.15) is 0 Å². The topological polar surface area (TPSA) is 194 Å². The molecule has 4 heterocycles. The highest BCUT2D eigenvalue weighted by Crippen LogP contribution is 2.51. The summed E-state index contributed by atoms with van der Waals surface area (Å²) in [6.07, 6.45) is -9.83. The van der Waals surface area contributed by atoms with Crippen molar-refractivity contribution in [2.24, 2.45) is 35.5 Å². The molecule has 47 heavy (non-hydrogen) atoms. The summed E-state index contributed by atoms with van der Waals surface area (Å²) in [6.45, 7) is 17.5. The van der Waals surface area contributed by atoms with Crippen LogP contribution < -0.4 is 0 Å². The van der Waals surface area contributed by atoms with Crippen molar-refractivity contribution in [1.29, 1.82) is 0 Å². The minimum Gasteiger partial charge on any atom is -0.435 e. The number of rotatable bonds is 8. The van der Waals surface area contributed by atoms with E-state index in [0.717, 1.165) is 0 Å². The quantitative estimate of drug-likeness (QED) is 0.203. The summed E-state index contributed by atoms with van der Waals surface area (Å²) in [5.41, 5.74) is -1.44. The van der Waals surface area contributed by atoms with E-state index in [1.54, 1.807) is 27.7 Å². The van der Waals surface area contributed by atoms with Gasteiger partial charge in [-0.05, 0) is 34.1 Å². The molecule has 4 saturated heterocycles. The summed E-state index contributed by atoms with van der Waals surface area (Å²) < 4.78 is 36.7. The summed E-state index contributed by atoms with van der Waals surface area (Å²) in [7, 11) is 0. The lowest BCUT2D eigenvalue weighted by molar-refractivity contribution is -0.410. The molecule has 6 N–H and O–H groups in total. The van der Waals surface area contributed by atoms with Crippen molar-refractivity contribution in [2.75, 3.05) is 0 Å². The summed E-state index contributed by atoms with van der Waals surface area (Å²) in [5.74, 6) is -5.20. The molecule has 4 fully saturated rings. The van der Waals surface area contributed by atoms with Crippen molar-refractivity contribution < 1.29 is 63.9 Å². The van der Waals surface area contributed by atoms with Crippen LogP contribution in [-0.4, -0.2) is 122 Å². The normalized spacial score (nSPS) is 51.3. The third-order valence-corrected chi connectivity index (χ3v) is 11.7. The van der Waals surface area contributed by atoms with Gasteiger partial charge in [0.25, 0.3) is 0 Å². The second-order valence-electron chi connectivity index (χ2n) is 15.2. The molecule has 4 rings (SSSR count). The minimum absolute atomic E-state index is 0.00692. The molecule has 0 aromatic carbocycles. The van der Waals surface area contributed by atoms with Gasteiger partial charge in [-0.3, -0.25) is 4.79 Å². The largest absolute Gasteiger partial charge is 0.435 e. The smallest absolute Gasteiger partial charge is 0.313 e. The number of carbonyl (C=O) groups excluding carboxylic acids is 1. The number of hydrogen-bond donors (Lipinski definition) is 6. The Kier molecular flexibility index (Phi) is 12.2. The Labute approximate surface area is 278 Å². The molecule has 4 aliphatic rings. The Morgan fingerprint density at radius 3 is 1.94 bits per heavy atom. The van der Waals surface area contributed by atoms with Crippen LogP contribution >= 0.6 is 0 Å². The van der Waals surface area contributed by atoms with Gasteiger partial charge in [0, 0.05) is 42.4 Å². The van der Waals surface area contributed by atoms with Crippen molar-refractivity contribution >= 4 is 5.97 Å². The summed E-state index contributed by atoms with van der Waals surface area (Å²) in [6, 6.07) is 0. The monoisotopic (exact) mass is 676 g/mol. The molecular weight excluding hydrogens is 616 g/mol. The lowest BCUT2D eigenvalue weighted by Gasteiger charge is -2.60. The molecule has 20 atom stereocenters. The molecule has 0 amide bonds. The molecule has 0 radical (unpaired) electrons. The first-order valence-electron chi connectivity index (χ1n) is 17.4. The van der Waals surface area contributed by atoms with Crippen LogP contribution in [0, 0.1) is 35.5 Å². The molecule has 13 nitrogen and oxygen atoms in total. The third-order valence-electron chi connectivity index (χ3n) is 11.7. The second kappa shape index (κ2) is 14.7. The zero-order valence-corrected chi connectivity index (χ0v) is 29.6. The Balaban J connectivity index is 1.44. The van der Waals surface area contributed by atoms with Gasteiger partial charge in [-0.15, -0.1) is 0 Å². The molecule has 0 saturated carbocycles. The predicted octanol–water partition coefficient (Wildman–Crippen LogP) is 1.46. The first kappa shape index (κ1) is 38.8. The van der Waals surface area contributed by atoms with Gasteiger partial charge in [0.15, 0.2) is 12.1 Å². The van der Waals surface area contributed by atoms with Crippen LogP contribution in [0.3, 0.4) is 0 Å². The second-order valence-corrected chi connectivity index (χ2v) is 15.2. The average molecular weight is 677 g/mol. The molecule has 0 aliphatic carbocycles. The van der Waals surface area contributed by atoms with E-state index >= 15 is 0 Å². The van der Waals surface area contributed by atoms with Crippen molar-refractivity contribution in [1.82, 2.24) is 0 Å². The van der Waals surface area contributed by atoms with Gasteiger partial charge in [-0.1, -0.05) is 41.5 Å². The highest BCUT2D eigenvalue weighted by Gasteiger charge is 2.62. The standard InChI is InChI=1S/C34H60O13/c1-11-22(35)14(2)28-15(3)26(37)18(6)34(46-28)19(7)27(38)16(4)29(47-34)17(5)32(40)45-24-12-23(36)30(20(8)42-24)44-25-13-33(10,41)31(39)21(9)43-25/h14-31,35-39,41H,11-13H2,1-10H3. The molecule has 20 unspecified atom stereocenters. The fraction of sp³-hybridized carbons (Fsp3) is 0.971. The average Bonchev–Trinajstić information content (AvgIpc) is 3.01. The first-order valence-corrected chi connectivity index (χ1v) is 17.4. The van der Waals surface area contributed by atoms with Gasteiger partial charge < -0.3 is 59.1 Å². The zero-order valence-electron chi connectivity index (χ0n) is 29.6. The van der Waals surface area contributed by atoms with Crippen molar-refractivity contribution in [3.05, 3.63) is 0 Å². The molecular formula is C34H60O13. The van der Waals surface area contributed by atoms with E-state index in [4.69, 9.17) is 28.4 Å². The molecule has 0 bridgehead atoms. The third kappa shape index (κ3) is 7.42. The maximum Gasteiger partial charge on any atom is 0.313 e. The Morgan fingerprint density at radius 1 is 0.872 bits per heavy atom. The Hall–Kier alpha value is -0.970. The fourth-order valence-corrected chi connectivity index (χ4v) is 8.27. The van der Waals surface area contributed by atoms with Crippen molar-refractivity contribution in [3.63, 3.8) is 0 Å². The van der Waals surface area contributed by atoms with E-state index in [-0.39, 0.29) is 24.7 Å². The summed E-state index contributed by atoms with van der Waals surface area (Å²) in [4.78, 5) is 13.6.